The molecule has 0 bridgehead atoms. The molecule has 1 aromatic carbocycles. The van der Waals surface area contributed by atoms with Crippen LogP contribution in [0.1, 0.15) is 16.8 Å². The van der Waals surface area contributed by atoms with Crippen LogP contribution in [0.5, 0.6) is 0 Å². The predicted octanol–water partition coefficient (Wildman–Crippen LogP) is 4.21. The Morgan fingerprint density at radius 2 is 2.00 bits per heavy atom. The van der Waals surface area contributed by atoms with Crippen molar-refractivity contribution >= 4 is 23.4 Å². The molecule has 2 aromatic heterocycles. The summed E-state index contributed by atoms with van der Waals surface area (Å²) in [7, 11) is 0. The molecule has 0 aliphatic carbocycles. The first-order valence-corrected chi connectivity index (χ1v) is 9.00. The summed E-state index contributed by atoms with van der Waals surface area (Å²) in [5, 5.41) is 10.9. The average molecular weight is 372 g/mol. The number of aliphatic hydroxyl groups is 1. The molecule has 3 N–H and O–H groups in total. The molecule has 0 spiro atoms. The number of aryl methyl sites for hydroxylation is 1. The number of hydrogen-bond donors (Lipinski definition) is 2. The van der Waals surface area contributed by atoms with Crippen LogP contribution in [-0.2, 0) is 13.2 Å². The first kappa shape index (κ1) is 17.9. The van der Waals surface area contributed by atoms with Gasteiger partial charge in [0.25, 0.3) is 0 Å². The summed E-state index contributed by atoms with van der Waals surface area (Å²) in [6, 6.07) is 11.5. The van der Waals surface area contributed by atoms with E-state index in [-0.39, 0.29) is 6.61 Å². The SMILES string of the molecule is Cc1cc(-c2ccc(Cl)c(Sc3ncccc3CO)c2CN)ccn1. The molecule has 0 aliphatic rings. The number of aliphatic hydroxyl groups excluding tert-OH is 1. The van der Waals surface area contributed by atoms with Gasteiger partial charge < -0.3 is 10.8 Å². The highest BCUT2D eigenvalue weighted by Crippen LogP contribution is 2.40. The lowest BCUT2D eigenvalue weighted by Crippen LogP contribution is -2.03. The normalized spacial score (nSPS) is 10.9. The summed E-state index contributed by atoms with van der Waals surface area (Å²) < 4.78 is 0. The van der Waals surface area contributed by atoms with Crippen LogP contribution in [0, 0.1) is 6.92 Å². The van der Waals surface area contributed by atoms with Crippen LogP contribution in [0.3, 0.4) is 0 Å². The molecule has 128 valence electrons. The van der Waals surface area contributed by atoms with Crippen LogP contribution in [0.4, 0.5) is 0 Å². The number of halogens is 1. The third kappa shape index (κ3) is 3.85. The van der Waals surface area contributed by atoms with E-state index in [9.17, 15) is 5.11 Å². The molecule has 0 unspecified atom stereocenters. The Morgan fingerprint density at radius 3 is 2.72 bits per heavy atom. The molecule has 0 radical (unpaired) electrons. The minimum Gasteiger partial charge on any atom is -0.392 e. The number of nitrogens with two attached hydrogens (primary N) is 1. The molecule has 25 heavy (non-hydrogen) atoms. The van der Waals surface area contributed by atoms with E-state index < -0.39 is 0 Å². The lowest BCUT2D eigenvalue weighted by atomic mass is 10.00. The van der Waals surface area contributed by atoms with Crippen LogP contribution >= 0.6 is 23.4 Å². The van der Waals surface area contributed by atoms with Crippen LogP contribution in [0.25, 0.3) is 11.1 Å². The largest absolute Gasteiger partial charge is 0.392 e. The van der Waals surface area contributed by atoms with E-state index in [1.807, 2.05) is 37.3 Å². The van der Waals surface area contributed by atoms with Crippen molar-refractivity contribution in [3.63, 3.8) is 0 Å². The molecule has 3 rings (SSSR count). The second-order valence-corrected chi connectivity index (χ2v) is 6.93. The van der Waals surface area contributed by atoms with Gasteiger partial charge in [0.15, 0.2) is 0 Å². The second-order valence-electron chi connectivity index (χ2n) is 5.52. The monoisotopic (exact) mass is 371 g/mol. The summed E-state index contributed by atoms with van der Waals surface area (Å²) in [5.74, 6) is 0. The average Bonchev–Trinajstić information content (AvgIpc) is 2.63. The maximum absolute atomic E-state index is 9.54. The molecule has 0 aliphatic heterocycles. The van der Waals surface area contributed by atoms with Crippen molar-refractivity contribution in [3.8, 4) is 11.1 Å². The van der Waals surface area contributed by atoms with Crippen molar-refractivity contribution in [3.05, 3.63) is 70.6 Å². The predicted molar refractivity (Wildman–Crippen MR) is 102 cm³/mol. The van der Waals surface area contributed by atoms with Gasteiger partial charge >= 0.3 is 0 Å². The van der Waals surface area contributed by atoms with E-state index in [4.69, 9.17) is 17.3 Å². The third-order valence-electron chi connectivity index (χ3n) is 3.84. The van der Waals surface area contributed by atoms with Gasteiger partial charge in [-0.3, -0.25) is 4.98 Å². The van der Waals surface area contributed by atoms with Crippen LogP contribution in [-0.4, -0.2) is 15.1 Å². The quantitative estimate of drug-likeness (QED) is 0.703. The minimum atomic E-state index is -0.0744. The summed E-state index contributed by atoms with van der Waals surface area (Å²) >= 11 is 7.90. The van der Waals surface area contributed by atoms with Gasteiger partial charge in [-0.1, -0.05) is 35.5 Å². The van der Waals surface area contributed by atoms with E-state index >= 15 is 0 Å². The smallest absolute Gasteiger partial charge is 0.106 e. The Kier molecular flexibility index (Phi) is 5.71. The molecule has 6 heteroatoms. The third-order valence-corrected chi connectivity index (χ3v) is 5.50. The van der Waals surface area contributed by atoms with Crippen molar-refractivity contribution in [1.82, 2.24) is 9.97 Å². The van der Waals surface area contributed by atoms with Gasteiger partial charge in [0.2, 0.25) is 0 Å². The summed E-state index contributed by atoms with van der Waals surface area (Å²) in [5.41, 5.74) is 10.8. The fourth-order valence-electron chi connectivity index (χ4n) is 2.63. The van der Waals surface area contributed by atoms with E-state index in [2.05, 4.69) is 9.97 Å². The molecule has 0 atom stereocenters. The number of nitrogens with zero attached hydrogens (tertiary/aromatic N) is 2. The highest BCUT2D eigenvalue weighted by molar-refractivity contribution is 7.99. The Hall–Kier alpha value is -1.92. The maximum atomic E-state index is 9.54. The van der Waals surface area contributed by atoms with Gasteiger partial charge in [-0.25, -0.2) is 4.98 Å². The highest BCUT2D eigenvalue weighted by atomic mass is 35.5. The summed E-state index contributed by atoms with van der Waals surface area (Å²) in [6.45, 7) is 2.23. The Balaban J connectivity index is 2.12. The van der Waals surface area contributed by atoms with Gasteiger partial charge in [-0.15, -0.1) is 0 Å². The lowest BCUT2D eigenvalue weighted by molar-refractivity contribution is 0.278. The topological polar surface area (TPSA) is 72.0 Å². The molecule has 0 saturated heterocycles. The van der Waals surface area contributed by atoms with E-state index in [1.54, 1.807) is 18.5 Å². The Labute approximate surface area is 156 Å². The fourth-order valence-corrected chi connectivity index (χ4v) is 3.97. The van der Waals surface area contributed by atoms with E-state index in [0.29, 0.717) is 11.6 Å². The second kappa shape index (κ2) is 7.97. The van der Waals surface area contributed by atoms with E-state index in [1.165, 1.54) is 11.8 Å². The number of aromatic nitrogens is 2. The fraction of sp³-hybridized carbons (Fsp3) is 0.158. The van der Waals surface area contributed by atoms with Crippen molar-refractivity contribution in [1.29, 1.82) is 0 Å². The van der Waals surface area contributed by atoms with Gasteiger partial charge in [0, 0.05) is 35.1 Å². The summed E-state index contributed by atoms with van der Waals surface area (Å²) in [6.07, 6.45) is 3.49. The number of hydrogen-bond acceptors (Lipinski definition) is 5. The van der Waals surface area contributed by atoms with Crippen LogP contribution < -0.4 is 5.73 Å². The molecule has 2 heterocycles. The van der Waals surface area contributed by atoms with Crippen molar-refractivity contribution < 1.29 is 5.11 Å². The lowest BCUT2D eigenvalue weighted by Gasteiger charge is -2.16. The van der Waals surface area contributed by atoms with Crippen molar-refractivity contribution in [2.75, 3.05) is 0 Å². The minimum absolute atomic E-state index is 0.0744. The van der Waals surface area contributed by atoms with E-state index in [0.717, 1.165) is 37.9 Å². The van der Waals surface area contributed by atoms with Crippen LogP contribution in [0.15, 0.2) is 58.7 Å². The van der Waals surface area contributed by atoms with Crippen molar-refractivity contribution in [2.24, 2.45) is 5.73 Å². The molecular weight excluding hydrogens is 354 g/mol. The zero-order valence-corrected chi connectivity index (χ0v) is 15.3. The number of rotatable bonds is 5. The van der Waals surface area contributed by atoms with Gasteiger partial charge in [-0.05, 0) is 47.9 Å². The molecule has 0 amide bonds. The first-order valence-electron chi connectivity index (χ1n) is 7.81. The van der Waals surface area contributed by atoms with Crippen molar-refractivity contribution in [2.45, 2.75) is 30.0 Å². The Bertz CT molecular complexity index is 902. The molecular formula is C19H18ClN3OS. The standard InChI is InChI=1S/C19H18ClN3OS/c1-12-9-13(6-8-22-12)15-4-5-17(20)18(16(15)10-21)25-19-14(11-24)3-2-7-23-19/h2-9,24H,10-11,21H2,1H3. The Morgan fingerprint density at radius 1 is 1.16 bits per heavy atom. The van der Waals surface area contributed by atoms with Crippen LogP contribution in [0.2, 0.25) is 5.02 Å². The maximum Gasteiger partial charge on any atom is 0.106 e. The zero-order valence-electron chi connectivity index (χ0n) is 13.7. The highest BCUT2D eigenvalue weighted by Gasteiger charge is 2.16. The molecule has 3 aromatic rings. The van der Waals surface area contributed by atoms with Gasteiger partial charge in [-0.2, -0.15) is 0 Å². The summed E-state index contributed by atoms with van der Waals surface area (Å²) in [4.78, 5) is 9.49. The van der Waals surface area contributed by atoms with Gasteiger partial charge in [0.1, 0.15) is 5.03 Å². The number of pyridine rings is 2. The zero-order chi connectivity index (χ0) is 17.8. The molecule has 4 nitrogen and oxygen atoms in total. The number of benzene rings is 1. The van der Waals surface area contributed by atoms with Gasteiger partial charge in [0.05, 0.1) is 11.6 Å². The first-order chi connectivity index (χ1) is 12.1. The molecule has 0 saturated carbocycles. The molecule has 0 fully saturated rings.